The van der Waals surface area contributed by atoms with Crippen LogP contribution in [0.4, 0.5) is 57.5 Å². The average Bonchev–Trinajstić information content (AvgIpc) is 1.62. The van der Waals surface area contributed by atoms with Crippen molar-refractivity contribution in [2.45, 2.75) is 245 Å². The van der Waals surface area contributed by atoms with Crippen LogP contribution < -0.4 is 69.6 Å². The molecule has 2 aliphatic carbocycles. The lowest BCUT2D eigenvalue weighted by molar-refractivity contribution is -0.660. The smallest absolute Gasteiger partial charge is 0.407 e. The minimum Gasteiger partial charge on any atom is -1.00 e. The summed E-state index contributed by atoms with van der Waals surface area (Å²) in [4.78, 5) is 126. The fraction of sp³-hybridized carbons (Fsp3) is 0.650. The lowest BCUT2D eigenvalue weighted by Gasteiger charge is -2.31. The molecule has 672 valence electrons. The van der Waals surface area contributed by atoms with Gasteiger partial charge in [-0.05, 0) is 125 Å². The number of nitrogens with two attached hydrogens (primary N) is 2. The van der Waals surface area contributed by atoms with E-state index in [0.29, 0.717) is 18.3 Å². The Kier molecular flexibility index (Phi) is 45.1. The Labute approximate surface area is 690 Å². The quantitative estimate of drug-likeness (QED) is 0.0174. The highest BCUT2D eigenvalue weighted by Crippen LogP contribution is 2.39. The molecule has 0 spiro atoms. The first-order valence-corrected chi connectivity index (χ1v) is 39.2. The molecule has 11 atom stereocenters. The maximum atomic E-state index is 15.0. The number of halogens is 13. The van der Waals surface area contributed by atoms with Gasteiger partial charge in [0.1, 0.15) is 41.6 Å². The average molecular weight is 1740 g/mol. The fourth-order valence-corrected chi connectivity index (χ4v) is 14.2. The fourth-order valence-electron chi connectivity index (χ4n) is 14.2. The van der Waals surface area contributed by atoms with Crippen LogP contribution >= 0.6 is 0 Å². The Hall–Kier alpha value is -9.07. The molecule has 26 nitrogen and oxygen atoms in total. The number of methoxy groups -OCH3 is 2. The predicted molar refractivity (Wildman–Crippen MR) is 405 cm³/mol. The van der Waals surface area contributed by atoms with E-state index in [9.17, 15) is 101 Å². The monoisotopic (exact) mass is 1740 g/mol. The molecule has 2 heterocycles. The summed E-state index contributed by atoms with van der Waals surface area (Å²) in [5.74, 6) is -13.9. The van der Waals surface area contributed by atoms with E-state index >= 15 is 0 Å². The highest BCUT2D eigenvalue weighted by Gasteiger charge is 2.47. The number of ether oxygens (including phenoxy) is 6. The van der Waals surface area contributed by atoms with Crippen LogP contribution in [0.2, 0.25) is 0 Å². The second kappa shape index (κ2) is 51.5. The summed E-state index contributed by atoms with van der Waals surface area (Å²) in [6.07, 6.45) is -5.17. The van der Waals surface area contributed by atoms with Gasteiger partial charge in [0.15, 0.2) is 59.1 Å². The van der Waals surface area contributed by atoms with Gasteiger partial charge in [-0.3, -0.25) is 28.8 Å². The maximum absolute atomic E-state index is 15.0. The minimum atomic E-state index is -3.02. The van der Waals surface area contributed by atoms with Gasteiger partial charge < -0.3 is 93.8 Å². The molecule has 2 saturated heterocycles. The summed E-state index contributed by atoms with van der Waals surface area (Å²) in [5, 5.41) is 25.4. The summed E-state index contributed by atoms with van der Waals surface area (Å²) >= 11 is 0. The molecule has 3 aromatic carbocycles. The minimum absolute atomic E-state index is 0. The highest BCUT2D eigenvalue weighted by atomic mass is 35.5. The van der Waals surface area contributed by atoms with Gasteiger partial charge >= 0.3 is 24.0 Å². The van der Waals surface area contributed by atoms with Gasteiger partial charge in [-0.25, -0.2) is 71.9 Å². The van der Waals surface area contributed by atoms with Crippen molar-refractivity contribution in [2.75, 3.05) is 53.6 Å². The summed E-state index contributed by atoms with van der Waals surface area (Å²) in [7, 11) is 2.28. The normalized spacial score (nSPS) is 18.5. The molecule has 7 rings (SSSR count). The third-order valence-corrected chi connectivity index (χ3v) is 20.6. The molecule has 3 aromatic rings. The third-order valence-electron chi connectivity index (χ3n) is 20.6. The van der Waals surface area contributed by atoms with Crippen molar-refractivity contribution in [2.24, 2.45) is 41.2 Å². The van der Waals surface area contributed by atoms with Crippen LogP contribution in [0.5, 0.6) is 17.2 Å². The molecule has 5 unspecified atom stereocenters. The van der Waals surface area contributed by atoms with E-state index < -0.39 is 223 Å². The summed E-state index contributed by atoms with van der Waals surface area (Å²) < 4.78 is 194. The molecule has 4 fully saturated rings. The maximum Gasteiger partial charge on any atom is 0.407 e. The number of quaternary nitrogens is 1. The number of carboxylic acid groups (broad SMARTS) is 1. The number of alkyl halides is 6. The third kappa shape index (κ3) is 33.1. The molecular weight excluding hydrogens is 1620 g/mol. The molecule has 39 heteroatoms. The number of esters is 2. The lowest BCUT2D eigenvalue weighted by Crippen LogP contribution is -3.00. The molecule has 2 saturated carbocycles. The van der Waals surface area contributed by atoms with Crippen molar-refractivity contribution in [3.8, 4) is 17.2 Å². The number of benzene rings is 3. The Morgan fingerprint density at radius 2 is 0.916 bits per heavy atom. The Balaban J connectivity index is 0.000000483. The van der Waals surface area contributed by atoms with Crippen LogP contribution in [0.1, 0.15) is 169 Å². The van der Waals surface area contributed by atoms with Crippen LogP contribution in [-0.2, 0) is 76.6 Å². The summed E-state index contributed by atoms with van der Waals surface area (Å²) in [6, 6.07) is -1.50. The van der Waals surface area contributed by atoms with Crippen LogP contribution in [0.3, 0.4) is 0 Å². The number of nitrogens with one attached hydrogen (secondary N) is 6. The molecule has 0 bridgehead atoms. The molecule has 7 amide bonds. The van der Waals surface area contributed by atoms with E-state index in [4.69, 9.17) is 29.8 Å². The number of carbonyl (C=O) groups is 10. The Morgan fingerprint density at radius 1 is 0.521 bits per heavy atom. The van der Waals surface area contributed by atoms with Crippen molar-refractivity contribution in [3.63, 3.8) is 0 Å². The first-order valence-electron chi connectivity index (χ1n) is 39.2. The van der Waals surface area contributed by atoms with E-state index in [0.717, 1.165) is 109 Å². The molecule has 119 heavy (non-hydrogen) atoms. The molecular formula is C80H114ClF12N9O17. The zero-order chi connectivity index (χ0) is 87.1. The van der Waals surface area contributed by atoms with E-state index in [-0.39, 0.29) is 100 Å². The van der Waals surface area contributed by atoms with Crippen molar-refractivity contribution >= 4 is 59.4 Å². The van der Waals surface area contributed by atoms with Crippen LogP contribution in [0, 0.1) is 70.4 Å². The highest BCUT2D eigenvalue weighted by molar-refractivity contribution is 5.95. The molecule has 11 N–H and O–H groups in total. The number of carboxylic acids is 1. The number of carbonyl (C=O) groups excluding carboxylic acids is 9. The van der Waals surface area contributed by atoms with E-state index in [1.807, 2.05) is 19.2 Å². The lowest BCUT2D eigenvalue weighted by atomic mass is 9.79. The van der Waals surface area contributed by atoms with Crippen molar-refractivity contribution in [1.29, 1.82) is 0 Å². The van der Waals surface area contributed by atoms with E-state index in [1.165, 1.54) is 38.0 Å². The standard InChI is InChI=1S/C36H52F4N4O8.C27H37F4N3O5.C16H20F4N2O4.CH4.ClH/c1-19(2)18-51-36(50)43-31(20(3)4)34(47)44-17-23(22-9-7-6-8-10-22)15-27(44)33(46)42-26(16-29(38)39)32(45)41-14-13-24-25(37)11-12-28(30(24)40)52-21(5)35(48)49;1-15(27(37)38-2)39-22-9-8-19(28)18(24(22)31)10-11-32-25(35)21(13-23(29)30)34-26(36)20-12-17(14-33-20)16-6-4-3-5-7-16;1-8(16(24)25-2)26-12-4-3-10(17)9(14(12)20)5-6-22-15(23)11(21)7-13(18)19;;/h11-12,19-23,26-27,29,31H,6-10,13-18H2,1-5H3,(H,41,45)(H,42,46)(H,43,50)(H,48,49);8-9,15-17,20-21,23,33H,3-7,10-14H2,1-2H3,(H,32,35)(H,34,36);3-4,8,11,13H,5-7,21H2,1-2H3,(H,22,23);1H4;1H/t21?,23-,26+,27?,31+;15?,17-,20?,21+;8?,11-;;/m110../s1. The second-order valence-corrected chi connectivity index (χ2v) is 30.1. The van der Waals surface area contributed by atoms with Crippen molar-refractivity contribution < 1.29 is 152 Å². The number of amides is 7. The number of hydrogen-bond donors (Lipinski definition) is 9. The van der Waals surface area contributed by atoms with Crippen LogP contribution in [-0.4, -0.2) is 197 Å². The predicted octanol–water partition coefficient (Wildman–Crippen LogP) is 6.24. The van der Waals surface area contributed by atoms with Gasteiger partial charge in [0, 0.05) is 74.5 Å². The van der Waals surface area contributed by atoms with Gasteiger partial charge in [-0.1, -0.05) is 86.5 Å². The summed E-state index contributed by atoms with van der Waals surface area (Å²) in [6.45, 7) is 11.2. The number of alkyl carbamates (subject to hydrolysis) is 1. The van der Waals surface area contributed by atoms with Crippen LogP contribution in [0.25, 0.3) is 0 Å². The number of likely N-dealkylation sites (tertiary alicyclic amines) is 1. The number of nitrogens with zero attached hydrogens (tertiary/aromatic N) is 1. The van der Waals surface area contributed by atoms with Gasteiger partial charge in [-0.15, -0.1) is 0 Å². The SMILES string of the molecule is C.CC(C)COC(=O)N[C@H](C(=O)N1C[C@H](C2CCCCC2)CC1C(=O)N[C@@H](CC(F)F)C(=O)NCCc1c(F)ccc(OC(C)C(=O)O)c1F)C(C)C.COC(=O)C(C)Oc1ccc(F)c(CCNC(=O)[C@@H](N)CC(F)F)c1F.COC(=O)C(C)Oc1ccc(F)c(CCNC(=O)[C@H](CC(F)F)NC(=O)C2C[C@@H](C3CCCCC3)C[NH2+]2)c1F.[Cl-]. The Bertz CT molecular complexity index is 3800. The van der Waals surface area contributed by atoms with Gasteiger partial charge in [0.25, 0.3) is 5.91 Å². The molecule has 0 aromatic heterocycles. The zero-order valence-electron chi connectivity index (χ0n) is 67.3. The first-order chi connectivity index (χ1) is 55.3. The summed E-state index contributed by atoms with van der Waals surface area (Å²) in [5.41, 5.74) is 3.95. The number of rotatable bonds is 38. The number of hydrogen-bond acceptors (Lipinski definition) is 17. The zero-order valence-corrected chi connectivity index (χ0v) is 68.1. The molecule has 4 aliphatic rings. The largest absolute Gasteiger partial charge is 1.00 e. The van der Waals surface area contributed by atoms with Gasteiger partial charge in [0.05, 0.1) is 33.4 Å². The first kappa shape index (κ1) is 104. The molecule has 2 aliphatic heterocycles. The molecule has 0 radical (unpaired) electrons. The van der Waals surface area contributed by atoms with Crippen molar-refractivity contribution in [3.05, 3.63) is 88.0 Å². The second-order valence-electron chi connectivity index (χ2n) is 30.1. The topological polar surface area (TPSA) is 364 Å². The van der Waals surface area contributed by atoms with Crippen molar-refractivity contribution in [1.82, 2.24) is 36.8 Å². The van der Waals surface area contributed by atoms with E-state index in [1.54, 1.807) is 13.8 Å². The Morgan fingerprint density at radius 3 is 1.30 bits per heavy atom. The number of aliphatic carboxylic acids is 1. The van der Waals surface area contributed by atoms with Gasteiger partial charge in [-0.2, -0.15) is 0 Å². The van der Waals surface area contributed by atoms with E-state index in [2.05, 4.69) is 41.4 Å². The van der Waals surface area contributed by atoms with Gasteiger partial charge in [0.2, 0.25) is 48.8 Å². The van der Waals surface area contributed by atoms with Crippen LogP contribution in [0.15, 0.2) is 36.4 Å².